The first-order chi connectivity index (χ1) is 15.8. The van der Waals surface area contributed by atoms with Gasteiger partial charge in [-0.15, -0.1) is 0 Å². The molecule has 0 fully saturated rings. The molecule has 0 bridgehead atoms. The fourth-order valence-corrected chi connectivity index (χ4v) is 4.75. The number of anilines is 1. The maximum atomic E-state index is 13.5. The van der Waals surface area contributed by atoms with Crippen molar-refractivity contribution in [2.24, 2.45) is 0 Å². The van der Waals surface area contributed by atoms with Crippen molar-refractivity contribution in [1.82, 2.24) is 5.32 Å². The molecule has 3 aromatic rings. The summed E-state index contributed by atoms with van der Waals surface area (Å²) in [5.74, 6) is 0.532. The molecule has 0 heterocycles. The highest BCUT2D eigenvalue weighted by Gasteiger charge is 2.29. The molecule has 0 spiro atoms. The van der Waals surface area contributed by atoms with Crippen LogP contribution < -0.4 is 19.1 Å². The standard InChI is InChI=1S/C24H25ClN2O5S/c1-3-32-20-12-9-18(10-13-20)16-26-24(28)17-27(22-15-19(25)11-14-23(22)31-2)33(29,30)21-7-5-4-6-8-21/h4-15H,3,16-17H2,1-2H3,(H,26,28). The zero-order valence-corrected chi connectivity index (χ0v) is 19.9. The van der Waals surface area contributed by atoms with Crippen molar-refractivity contribution < 1.29 is 22.7 Å². The van der Waals surface area contributed by atoms with Gasteiger partial charge in [0.25, 0.3) is 10.0 Å². The van der Waals surface area contributed by atoms with Crippen LogP contribution in [0.25, 0.3) is 0 Å². The fraction of sp³-hybridized carbons (Fsp3) is 0.208. The minimum Gasteiger partial charge on any atom is -0.495 e. The summed E-state index contributed by atoms with van der Waals surface area (Å²) in [6, 6.07) is 19.8. The Morgan fingerprint density at radius 3 is 2.36 bits per heavy atom. The van der Waals surface area contributed by atoms with E-state index in [1.54, 1.807) is 30.3 Å². The molecule has 0 saturated heterocycles. The first-order valence-electron chi connectivity index (χ1n) is 10.2. The van der Waals surface area contributed by atoms with Gasteiger partial charge in [-0.05, 0) is 55.0 Å². The van der Waals surface area contributed by atoms with Crippen molar-refractivity contribution >= 4 is 33.2 Å². The van der Waals surface area contributed by atoms with Crippen LogP contribution in [0.15, 0.2) is 77.7 Å². The Morgan fingerprint density at radius 1 is 1.03 bits per heavy atom. The highest BCUT2D eigenvalue weighted by atomic mass is 35.5. The summed E-state index contributed by atoms with van der Waals surface area (Å²) in [5.41, 5.74) is 1.02. The molecule has 0 saturated carbocycles. The van der Waals surface area contributed by atoms with Crippen LogP contribution >= 0.6 is 11.6 Å². The minimum absolute atomic E-state index is 0.0475. The molecule has 1 N–H and O–H groups in total. The van der Waals surface area contributed by atoms with Crippen molar-refractivity contribution in [2.45, 2.75) is 18.4 Å². The number of benzene rings is 3. The van der Waals surface area contributed by atoms with E-state index in [-0.39, 0.29) is 22.9 Å². The molecule has 3 rings (SSSR count). The van der Waals surface area contributed by atoms with Crippen LogP contribution in [-0.2, 0) is 21.4 Å². The molecule has 0 aromatic heterocycles. The number of amides is 1. The van der Waals surface area contributed by atoms with Gasteiger partial charge in [0, 0.05) is 11.6 Å². The number of hydrogen-bond acceptors (Lipinski definition) is 5. The Balaban J connectivity index is 1.85. The number of carbonyl (C=O) groups is 1. The second-order valence-corrected chi connectivity index (χ2v) is 9.29. The summed E-state index contributed by atoms with van der Waals surface area (Å²) < 4.78 is 38.7. The van der Waals surface area contributed by atoms with Crippen LogP contribution in [0.2, 0.25) is 5.02 Å². The third-order valence-corrected chi connectivity index (χ3v) is 6.76. The lowest BCUT2D eigenvalue weighted by molar-refractivity contribution is -0.119. The van der Waals surface area contributed by atoms with E-state index in [4.69, 9.17) is 21.1 Å². The normalized spacial score (nSPS) is 11.0. The Morgan fingerprint density at radius 2 is 1.73 bits per heavy atom. The van der Waals surface area contributed by atoms with Gasteiger partial charge in [0.05, 0.1) is 24.3 Å². The van der Waals surface area contributed by atoms with Crippen LogP contribution in [0, 0.1) is 0 Å². The maximum absolute atomic E-state index is 13.5. The summed E-state index contributed by atoms with van der Waals surface area (Å²) >= 11 is 6.14. The van der Waals surface area contributed by atoms with Crippen molar-refractivity contribution in [3.63, 3.8) is 0 Å². The van der Waals surface area contributed by atoms with Gasteiger partial charge < -0.3 is 14.8 Å². The average Bonchev–Trinajstić information content (AvgIpc) is 2.82. The minimum atomic E-state index is -4.08. The van der Waals surface area contributed by atoms with E-state index in [9.17, 15) is 13.2 Å². The Bertz CT molecular complexity index is 1190. The van der Waals surface area contributed by atoms with Crippen LogP contribution in [0.1, 0.15) is 12.5 Å². The highest BCUT2D eigenvalue weighted by Crippen LogP contribution is 2.34. The average molecular weight is 489 g/mol. The lowest BCUT2D eigenvalue weighted by Crippen LogP contribution is -2.40. The predicted molar refractivity (Wildman–Crippen MR) is 128 cm³/mol. The van der Waals surface area contributed by atoms with Gasteiger partial charge in [-0.1, -0.05) is 41.9 Å². The first kappa shape index (κ1) is 24.4. The van der Waals surface area contributed by atoms with E-state index in [2.05, 4.69) is 5.32 Å². The lowest BCUT2D eigenvalue weighted by Gasteiger charge is -2.26. The monoisotopic (exact) mass is 488 g/mol. The second kappa shape index (κ2) is 11.1. The zero-order chi connectivity index (χ0) is 23.8. The molecular weight excluding hydrogens is 464 g/mol. The SMILES string of the molecule is CCOc1ccc(CNC(=O)CN(c2cc(Cl)ccc2OC)S(=O)(=O)c2ccccc2)cc1. The molecule has 7 nitrogen and oxygen atoms in total. The van der Waals surface area contributed by atoms with Gasteiger partial charge in [0.1, 0.15) is 18.0 Å². The van der Waals surface area contributed by atoms with Gasteiger partial charge in [-0.3, -0.25) is 9.10 Å². The molecule has 0 aliphatic heterocycles. The molecule has 0 radical (unpaired) electrons. The Hall–Kier alpha value is -3.23. The van der Waals surface area contributed by atoms with E-state index in [1.807, 2.05) is 31.2 Å². The summed E-state index contributed by atoms with van der Waals surface area (Å²) in [6.45, 7) is 2.25. The summed E-state index contributed by atoms with van der Waals surface area (Å²) in [6.07, 6.45) is 0. The van der Waals surface area contributed by atoms with E-state index in [0.717, 1.165) is 15.6 Å². The molecule has 0 aliphatic carbocycles. The molecule has 0 aliphatic rings. The lowest BCUT2D eigenvalue weighted by atomic mass is 10.2. The van der Waals surface area contributed by atoms with Crippen molar-refractivity contribution in [3.8, 4) is 11.5 Å². The number of nitrogens with one attached hydrogen (secondary N) is 1. The molecule has 1 amide bonds. The van der Waals surface area contributed by atoms with Crippen LogP contribution in [0.5, 0.6) is 11.5 Å². The molecule has 33 heavy (non-hydrogen) atoms. The molecule has 0 unspecified atom stereocenters. The van der Waals surface area contributed by atoms with Crippen molar-refractivity contribution in [3.05, 3.63) is 83.4 Å². The maximum Gasteiger partial charge on any atom is 0.264 e. The van der Waals surface area contributed by atoms with Crippen molar-refractivity contribution in [1.29, 1.82) is 0 Å². The number of halogens is 1. The predicted octanol–water partition coefficient (Wildman–Crippen LogP) is 4.26. The molecule has 0 atom stereocenters. The number of carbonyl (C=O) groups excluding carboxylic acids is 1. The van der Waals surface area contributed by atoms with Gasteiger partial charge in [0.15, 0.2) is 0 Å². The van der Waals surface area contributed by atoms with E-state index < -0.39 is 22.5 Å². The Kier molecular flexibility index (Phi) is 8.19. The van der Waals surface area contributed by atoms with E-state index in [0.29, 0.717) is 11.6 Å². The van der Waals surface area contributed by atoms with Crippen LogP contribution in [0.3, 0.4) is 0 Å². The van der Waals surface area contributed by atoms with Gasteiger partial charge in [0.2, 0.25) is 5.91 Å². The first-order valence-corrected chi connectivity index (χ1v) is 12.1. The third-order valence-electron chi connectivity index (χ3n) is 4.75. The number of sulfonamides is 1. The topological polar surface area (TPSA) is 84.9 Å². The van der Waals surface area contributed by atoms with Gasteiger partial charge in [-0.2, -0.15) is 0 Å². The zero-order valence-electron chi connectivity index (χ0n) is 18.3. The second-order valence-electron chi connectivity index (χ2n) is 6.99. The fourth-order valence-electron chi connectivity index (χ4n) is 3.13. The van der Waals surface area contributed by atoms with Crippen LogP contribution in [-0.4, -0.2) is 34.6 Å². The Labute approximate surface area is 198 Å². The van der Waals surface area contributed by atoms with Crippen molar-refractivity contribution in [2.75, 3.05) is 24.6 Å². The van der Waals surface area contributed by atoms with Gasteiger partial charge >= 0.3 is 0 Å². The number of hydrogen-bond donors (Lipinski definition) is 1. The quantitative estimate of drug-likeness (QED) is 0.461. The number of ether oxygens (including phenoxy) is 2. The van der Waals surface area contributed by atoms with E-state index >= 15 is 0 Å². The summed E-state index contributed by atoms with van der Waals surface area (Å²) in [4.78, 5) is 12.9. The smallest absolute Gasteiger partial charge is 0.264 e. The molecule has 9 heteroatoms. The van der Waals surface area contributed by atoms with Crippen LogP contribution in [0.4, 0.5) is 5.69 Å². The molecular formula is C24H25ClN2O5S. The number of methoxy groups -OCH3 is 1. The van der Waals surface area contributed by atoms with Gasteiger partial charge in [-0.25, -0.2) is 8.42 Å². The number of nitrogens with zero attached hydrogens (tertiary/aromatic N) is 1. The summed E-state index contributed by atoms with van der Waals surface area (Å²) in [7, 11) is -2.65. The highest BCUT2D eigenvalue weighted by molar-refractivity contribution is 7.92. The van der Waals surface area contributed by atoms with E-state index in [1.165, 1.54) is 25.3 Å². The molecule has 174 valence electrons. The molecule has 3 aromatic carbocycles. The number of rotatable bonds is 10. The summed E-state index contributed by atoms with van der Waals surface area (Å²) in [5, 5.41) is 3.08. The third kappa shape index (κ3) is 6.18. The largest absolute Gasteiger partial charge is 0.495 e.